The minimum Gasteiger partial charge on any atom is -0.367 e. The molecule has 0 aliphatic carbocycles. The van der Waals surface area contributed by atoms with Gasteiger partial charge in [0.05, 0.1) is 6.54 Å². The molecule has 1 amide bonds. The zero-order chi connectivity index (χ0) is 12.8. The van der Waals surface area contributed by atoms with Crippen LogP contribution in [0, 0.1) is 0 Å². The van der Waals surface area contributed by atoms with Crippen LogP contribution in [-0.2, 0) is 11.3 Å². The molecule has 0 fully saturated rings. The maximum atomic E-state index is 11.5. The van der Waals surface area contributed by atoms with Gasteiger partial charge in [-0.05, 0) is 5.56 Å². The van der Waals surface area contributed by atoms with Crippen LogP contribution in [0.5, 0.6) is 0 Å². The summed E-state index contributed by atoms with van der Waals surface area (Å²) in [5, 5.41) is 6.20. The van der Waals surface area contributed by atoms with Gasteiger partial charge in [0.1, 0.15) is 0 Å². The fourth-order valence-corrected chi connectivity index (χ4v) is 1.81. The average Bonchev–Trinajstić information content (AvgIpc) is 2.81. The molecule has 1 aromatic heterocycles. The maximum Gasteiger partial charge on any atom is 0.239 e. The van der Waals surface area contributed by atoms with Gasteiger partial charge in [0.2, 0.25) is 17.0 Å². The molecule has 0 aliphatic heterocycles. The van der Waals surface area contributed by atoms with Crippen LogP contribution in [0.1, 0.15) is 5.56 Å². The first-order valence-corrected chi connectivity index (χ1v) is 6.15. The van der Waals surface area contributed by atoms with Gasteiger partial charge in [0.25, 0.3) is 0 Å². The van der Waals surface area contributed by atoms with Crippen LogP contribution < -0.4 is 16.4 Å². The number of nitrogens with zero attached hydrogens (tertiary/aromatic N) is 2. The van der Waals surface area contributed by atoms with Crippen molar-refractivity contribution in [1.82, 2.24) is 14.7 Å². The summed E-state index contributed by atoms with van der Waals surface area (Å²) in [7, 11) is 0. The number of benzene rings is 1. The highest BCUT2D eigenvalue weighted by Gasteiger charge is 2.04. The van der Waals surface area contributed by atoms with Crippen molar-refractivity contribution >= 4 is 28.5 Å². The number of hydrogen-bond donors (Lipinski definition) is 3. The SMILES string of the molecule is Nc1nsc(NCC(=O)NCc2ccccc2)n1. The average molecular weight is 263 g/mol. The molecule has 0 spiro atoms. The predicted octanol–water partition coefficient (Wildman–Crippen LogP) is 0.849. The van der Waals surface area contributed by atoms with Gasteiger partial charge in [-0.1, -0.05) is 30.3 Å². The molecule has 7 heteroatoms. The Morgan fingerprint density at radius 3 is 2.78 bits per heavy atom. The second-order valence-electron chi connectivity index (χ2n) is 3.57. The summed E-state index contributed by atoms with van der Waals surface area (Å²) in [6.45, 7) is 0.668. The fraction of sp³-hybridized carbons (Fsp3) is 0.182. The Kier molecular flexibility index (Phi) is 4.08. The van der Waals surface area contributed by atoms with Crippen molar-refractivity contribution in [3.63, 3.8) is 0 Å². The number of anilines is 2. The van der Waals surface area contributed by atoms with Crippen LogP contribution in [0.15, 0.2) is 30.3 Å². The summed E-state index contributed by atoms with van der Waals surface area (Å²) in [6, 6.07) is 9.72. The van der Waals surface area contributed by atoms with Gasteiger partial charge >= 0.3 is 0 Å². The molecule has 0 saturated heterocycles. The molecule has 0 aliphatic rings. The van der Waals surface area contributed by atoms with Crippen LogP contribution in [0.3, 0.4) is 0 Å². The van der Waals surface area contributed by atoms with Crippen LogP contribution in [0.4, 0.5) is 11.1 Å². The lowest BCUT2D eigenvalue weighted by atomic mass is 10.2. The molecule has 4 N–H and O–H groups in total. The number of rotatable bonds is 5. The number of carbonyl (C=O) groups excluding carboxylic acids is 1. The normalized spacial score (nSPS) is 10.0. The highest BCUT2D eigenvalue weighted by atomic mass is 32.1. The molecule has 18 heavy (non-hydrogen) atoms. The molecule has 94 valence electrons. The number of aromatic nitrogens is 2. The number of nitrogens with two attached hydrogens (primary N) is 1. The molecule has 6 nitrogen and oxygen atoms in total. The highest BCUT2D eigenvalue weighted by Crippen LogP contribution is 2.10. The van der Waals surface area contributed by atoms with Gasteiger partial charge in [-0.25, -0.2) is 0 Å². The summed E-state index contributed by atoms with van der Waals surface area (Å²) in [4.78, 5) is 15.4. The summed E-state index contributed by atoms with van der Waals surface area (Å²) in [5.41, 5.74) is 6.43. The zero-order valence-electron chi connectivity index (χ0n) is 9.59. The third-order valence-corrected chi connectivity index (χ3v) is 2.86. The lowest BCUT2D eigenvalue weighted by Crippen LogP contribution is -2.29. The van der Waals surface area contributed by atoms with E-state index in [-0.39, 0.29) is 18.4 Å². The van der Waals surface area contributed by atoms with E-state index in [0.717, 1.165) is 17.1 Å². The van der Waals surface area contributed by atoms with Gasteiger partial charge in [0.15, 0.2) is 0 Å². The quantitative estimate of drug-likeness (QED) is 0.743. The summed E-state index contributed by atoms with van der Waals surface area (Å²) in [5.74, 6) is 0.111. The van der Waals surface area contributed by atoms with E-state index in [1.54, 1.807) is 0 Å². The van der Waals surface area contributed by atoms with Crippen molar-refractivity contribution in [3.8, 4) is 0 Å². The molecule has 0 radical (unpaired) electrons. The zero-order valence-corrected chi connectivity index (χ0v) is 10.4. The van der Waals surface area contributed by atoms with E-state index >= 15 is 0 Å². The Hall–Kier alpha value is -2.15. The van der Waals surface area contributed by atoms with Gasteiger partial charge < -0.3 is 16.4 Å². The summed E-state index contributed by atoms with van der Waals surface area (Å²) in [6.07, 6.45) is 0. The molecule has 0 atom stereocenters. The van der Waals surface area contributed by atoms with Crippen molar-refractivity contribution in [2.45, 2.75) is 6.54 Å². The number of hydrogen-bond acceptors (Lipinski definition) is 6. The van der Waals surface area contributed by atoms with Crippen LogP contribution in [-0.4, -0.2) is 21.8 Å². The van der Waals surface area contributed by atoms with E-state index in [2.05, 4.69) is 20.0 Å². The van der Waals surface area contributed by atoms with Crippen molar-refractivity contribution in [2.75, 3.05) is 17.6 Å². The number of nitrogens with one attached hydrogen (secondary N) is 2. The lowest BCUT2D eigenvalue weighted by Gasteiger charge is -2.05. The second-order valence-corrected chi connectivity index (χ2v) is 4.33. The minimum absolute atomic E-state index is 0.104. The first-order valence-electron chi connectivity index (χ1n) is 5.38. The largest absolute Gasteiger partial charge is 0.367 e. The first-order chi connectivity index (χ1) is 8.74. The van der Waals surface area contributed by atoms with Gasteiger partial charge in [-0.15, -0.1) is 0 Å². The van der Waals surface area contributed by atoms with Gasteiger partial charge in [0, 0.05) is 18.1 Å². The van der Waals surface area contributed by atoms with Crippen molar-refractivity contribution in [1.29, 1.82) is 0 Å². The number of nitrogen functional groups attached to an aromatic ring is 1. The third kappa shape index (κ3) is 3.70. The molecular formula is C11H13N5OS. The van der Waals surface area contributed by atoms with Gasteiger partial charge in [-0.3, -0.25) is 4.79 Å². The highest BCUT2D eigenvalue weighted by molar-refractivity contribution is 7.09. The third-order valence-electron chi connectivity index (χ3n) is 2.17. The first kappa shape index (κ1) is 12.3. The summed E-state index contributed by atoms with van der Waals surface area (Å²) >= 11 is 1.13. The van der Waals surface area contributed by atoms with Crippen molar-refractivity contribution < 1.29 is 4.79 Å². The van der Waals surface area contributed by atoms with E-state index < -0.39 is 0 Å². The van der Waals surface area contributed by atoms with Crippen LogP contribution in [0.25, 0.3) is 0 Å². The Morgan fingerprint density at radius 2 is 2.11 bits per heavy atom. The van der Waals surface area contributed by atoms with E-state index in [9.17, 15) is 4.79 Å². The molecule has 0 unspecified atom stereocenters. The fourth-order valence-electron chi connectivity index (χ4n) is 1.32. The lowest BCUT2D eigenvalue weighted by molar-refractivity contribution is -0.119. The monoisotopic (exact) mass is 263 g/mol. The molecule has 2 rings (SSSR count). The smallest absolute Gasteiger partial charge is 0.239 e. The molecule has 1 aromatic carbocycles. The predicted molar refractivity (Wildman–Crippen MR) is 71.1 cm³/mol. The second kappa shape index (κ2) is 5.97. The van der Waals surface area contributed by atoms with E-state index in [0.29, 0.717) is 11.7 Å². The van der Waals surface area contributed by atoms with Crippen molar-refractivity contribution in [3.05, 3.63) is 35.9 Å². The van der Waals surface area contributed by atoms with E-state index in [1.165, 1.54) is 0 Å². The van der Waals surface area contributed by atoms with Crippen LogP contribution in [0.2, 0.25) is 0 Å². The number of carbonyl (C=O) groups is 1. The molecule has 1 heterocycles. The Balaban J connectivity index is 1.73. The Bertz CT molecular complexity index is 513. The standard InChI is InChI=1S/C11H13N5OS/c12-10-15-11(18-16-10)14-7-9(17)13-6-8-4-2-1-3-5-8/h1-5H,6-7H2,(H,13,17)(H3,12,14,15,16). The van der Waals surface area contributed by atoms with Gasteiger partial charge in [-0.2, -0.15) is 9.36 Å². The molecule has 0 bridgehead atoms. The maximum absolute atomic E-state index is 11.5. The van der Waals surface area contributed by atoms with Crippen molar-refractivity contribution in [2.24, 2.45) is 0 Å². The number of amides is 1. The minimum atomic E-state index is -0.104. The molecular weight excluding hydrogens is 250 g/mol. The van der Waals surface area contributed by atoms with Crippen LogP contribution >= 0.6 is 11.5 Å². The topological polar surface area (TPSA) is 92.9 Å². The van der Waals surface area contributed by atoms with E-state index in [4.69, 9.17) is 5.73 Å². The summed E-state index contributed by atoms with van der Waals surface area (Å²) < 4.78 is 3.80. The Morgan fingerprint density at radius 1 is 1.33 bits per heavy atom. The van der Waals surface area contributed by atoms with E-state index in [1.807, 2.05) is 30.3 Å². The molecule has 0 saturated carbocycles. The Labute approximate surface area is 108 Å². The molecule has 2 aromatic rings.